The van der Waals surface area contributed by atoms with Crippen molar-refractivity contribution in [3.63, 3.8) is 0 Å². The van der Waals surface area contributed by atoms with Crippen LogP contribution in [0, 0.1) is 5.92 Å². The molecule has 5 atom stereocenters. The van der Waals surface area contributed by atoms with E-state index >= 15 is 0 Å². The van der Waals surface area contributed by atoms with Gasteiger partial charge in [0.05, 0.1) is 13.2 Å². The Labute approximate surface area is 176 Å². The van der Waals surface area contributed by atoms with Gasteiger partial charge in [-0.25, -0.2) is 0 Å². The lowest BCUT2D eigenvalue weighted by molar-refractivity contribution is -0.137. The van der Waals surface area contributed by atoms with Crippen molar-refractivity contribution < 1.29 is 24.2 Å². The van der Waals surface area contributed by atoms with Crippen LogP contribution in [0.2, 0.25) is 0 Å². The molecule has 1 saturated heterocycles. The Morgan fingerprint density at radius 1 is 1.37 bits per heavy atom. The van der Waals surface area contributed by atoms with Crippen molar-refractivity contribution in [2.75, 3.05) is 20.2 Å². The average Bonchev–Trinajstić information content (AvgIpc) is 3.05. The average molecular weight is 415 g/mol. The van der Waals surface area contributed by atoms with Crippen LogP contribution >= 0.6 is 0 Å². The van der Waals surface area contributed by atoms with E-state index in [4.69, 9.17) is 14.6 Å². The van der Waals surface area contributed by atoms with Gasteiger partial charge in [0.25, 0.3) is 0 Å². The molecule has 1 saturated carbocycles. The summed E-state index contributed by atoms with van der Waals surface area (Å²) < 4.78 is 12.3. The summed E-state index contributed by atoms with van der Waals surface area (Å²) in [6.45, 7) is 3.33. The van der Waals surface area contributed by atoms with Crippen LogP contribution in [0.5, 0.6) is 11.5 Å². The Balaban J connectivity index is 1.55. The van der Waals surface area contributed by atoms with Crippen molar-refractivity contribution in [1.29, 1.82) is 0 Å². The quantitative estimate of drug-likeness (QED) is 0.741. The van der Waals surface area contributed by atoms with E-state index in [2.05, 4.69) is 16.3 Å². The lowest BCUT2D eigenvalue weighted by atomic mass is 9.51. The number of carboxylic acids is 1. The van der Waals surface area contributed by atoms with E-state index in [1.54, 1.807) is 14.0 Å². The maximum absolute atomic E-state index is 11.9. The highest BCUT2D eigenvalue weighted by atomic mass is 16.5. The van der Waals surface area contributed by atoms with Gasteiger partial charge in [-0.2, -0.15) is 0 Å². The van der Waals surface area contributed by atoms with Gasteiger partial charge in [0.15, 0.2) is 11.5 Å². The molecule has 162 valence electrons. The molecule has 0 radical (unpaired) electrons. The number of ether oxygens (including phenoxy) is 2. The number of nitrogens with zero attached hydrogens (tertiary/aromatic N) is 1. The Kier molecular flexibility index (Phi) is 4.69. The Morgan fingerprint density at radius 2 is 2.20 bits per heavy atom. The fourth-order valence-corrected chi connectivity index (χ4v) is 6.90. The number of aliphatic carboxylic acids is 1. The molecule has 2 fully saturated rings. The SMILES string of the molecule is COc1ccc2c3c1O[C@H]1[C@@H](NC(C)=O)CCC4C(C2)N(CCCC(=O)O)CCC341. The summed E-state index contributed by atoms with van der Waals surface area (Å²) in [5, 5.41) is 12.2. The van der Waals surface area contributed by atoms with Crippen molar-refractivity contribution in [3.05, 3.63) is 23.3 Å². The molecule has 2 bridgehead atoms. The summed E-state index contributed by atoms with van der Waals surface area (Å²) in [6, 6.07) is 4.57. The predicted molar refractivity (Wildman–Crippen MR) is 110 cm³/mol. The normalized spacial score (nSPS) is 33.4. The number of hydrogen-bond acceptors (Lipinski definition) is 5. The van der Waals surface area contributed by atoms with Crippen molar-refractivity contribution in [2.24, 2.45) is 5.92 Å². The zero-order valence-corrected chi connectivity index (χ0v) is 17.6. The first-order chi connectivity index (χ1) is 14.5. The number of carbonyl (C=O) groups is 2. The van der Waals surface area contributed by atoms with Gasteiger partial charge in [0, 0.05) is 30.4 Å². The smallest absolute Gasteiger partial charge is 0.303 e. The molecule has 1 amide bonds. The zero-order chi connectivity index (χ0) is 21.0. The van der Waals surface area contributed by atoms with Gasteiger partial charge >= 0.3 is 5.97 Å². The van der Waals surface area contributed by atoms with E-state index in [0.717, 1.165) is 50.3 Å². The molecule has 2 aliphatic heterocycles. The summed E-state index contributed by atoms with van der Waals surface area (Å²) in [5.74, 6) is 1.36. The van der Waals surface area contributed by atoms with E-state index < -0.39 is 5.97 Å². The molecule has 5 rings (SSSR count). The van der Waals surface area contributed by atoms with Gasteiger partial charge in [-0.15, -0.1) is 0 Å². The van der Waals surface area contributed by atoms with Crippen molar-refractivity contribution in [1.82, 2.24) is 10.2 Å². The maximum atomic E-state index is 11.9. The van der Waals surface area contributed by atoms with Crippen LogP contribution in [0.25, 0.3) is 0 Å². The second kappa shape index (κ2) is 7.15. The first-order valence-corrected chi connectivity index (χ1v) is 11.1. The Hall–Kier alpha value is -2.28. The zero-order valence-electron chi connectivity index (χ0n) is 17.6. The lowest BCUT2D eigenvalue weighted by Crippen LogP contribution is -2.68. The van der Waals surface area contributed by atoms with E-state index in [1.165, 1.54) is 11.1 Å². The van der Waals surface area contributed by atoms with Crippen molar-refractivity contribution in [3.8, 4) is 11.5 Å². The molecule has 3 unspecified atom stereocenters. The van der Waals surface area contributed by atoms with Crippen LogP contribution in [0.3, 0.4) is 0 Å². The summed E-state index contributed by atoms with van der Waals surface area (Å²) in [4.78, 5) is 25.4. The number of carbonyl (C=O) groups excluding carboxylic acids is 1. The molecule has 30 heavy (non-hydrogen) atoms. The third-order valence-corrected chi connectivity index (χ3v) is 7.86. The fraction of sp³-hybridized carbons (Fsp3) is 0.652. The van der Waals surface area contributed by atoms with Crippen LogP contribution < -0.4 is 14.8 Å². The van der Waals surface area contributed by atoms with Crippen LogP contribution in [-0.2, 0) is 21.4 Å². The van der Waals surface area contributed by atoms with Gasteiger partial charge in [0.1, 0.15) is 6.10 Å². The second-order valence-electron chi connectivity index (χ2n) is 9.26. The lowest BCUT2D eigenvalue weighted by Gasteiger charge is -2.59. The fourth-order valence-electron chi connectivity index (χ4n) is 6.90. The molecular weight excluding hydrogens is 384 g/mol. The van der Waals surface area contributed by atoms with Crippen molar-refractivity contribution in [2.45, 2.75) is 69.1 Å². The summed E-state index contributed by atoms with van der Waals surface area (Å²) >= 11 is 0. The molecule has 2 aliphatic carbocycles. The minimum absolute atomic E-state index is 0.000941. The third-order valence-electron chi connectivity index (χ3n) is 7.86. The maximum Gasteiger partial charge on any atom is 0.303 e. The van der Waals surface area contributed by atoms with E-state index in [1.807, 2.05) is 6.07 Å². The first kappa shape index (κ1) is 19.7. The summed E-state index contributed by atoms with van der Waals surface area (Å²) in [5.41, 5.74) is 2.53. The van der Waals surface area contributed by atoms with Gasteiger partial charge in [-0.1, -0.05) is 6.07 Å². The summed E-state index contributed by atoms with van der Waals surface area (Å²) in [7, 11) is 1.68. The Bertz CT molecular complexity index is 887. The molecule has 1 aromatic rings. The molecule has 1 aromatic carbocycles. The highest BCUT2D eigenvalue weighted by Gasteiger charge is 2.65. The van der Waals surface area contributed by atoms with Crippen LogP contribution in [0.15, 0.2) is 12.1 Å². The molecule has 2 heterocycles. The number of amides is 1. The minimum atomic E-state index is -0.728. The molecular formula is C23H30N2O5. The molecule has 4 aliphatic rings. The molecule has 1 spiro atoms. The predicted octanol–water partition coefficient (Wildman–Crippen LogP) is 2.10. The van der Waals surface area contributed by atoms with E-state index in [0.29, 0.717) is 18.4 Å². The standard InChI is InChI=1S/C23H30N2O5/c1-13(26)24-16-7-6-15-17-12-14-5-8-18(29-2)21-20(14)23(15,22(16)30-21)9-11-25(17)10-3-4-19(27)28/h5,8,15-17,22H,3-4,6-7,9-12H2,1-2H3,(H,24,26)(H,27,28)/t15?,16-,17?,22-,23?/m0/s1. The number of methoxy groups -OCH3 is 1. The number of carboxylic acid groups (broad SMARTS) is 1. The van der Waals surface area contributed by atoms with Crippen molar-refractivity contribution >= 4 is 11.9 Å². The topological polar surface area (TPSA) is 88.1 Å². The molecule has 2 N–H and O–H groups in total. The van der Waals surface area contributed by atoms with Gasteiger partial charge in [-0.3, -0.25) is 14.5 Å². The number of benzene rings is 1. The number of rotatable bonds is 6. The minimum Gasteiger partial charge on any atom is -0.493 e. The number of nitrogens with one attached hydrogen (secondary N) is 1. The number of likely N-dealkylation sites (tertiary alicyclic amines) is 1. The second-order valence-corrected chi connectivity index (χ2v) is 9.26. The first-order valence-electron chi connectivity index (χ1n) is 11.1. The molecule has 0 aromatic heterocycles. The van der Waals surface area contributed by atoms with Gasteiger partial charge < -0.3 is 19.9 Å². The van der Waals surface area contributed by atoms with Crippen LogP contribution in [0.4, 0.5) is 0 Å². The third kappa shape index (κ3) is 2.74. The Morgan fingerprint density at radius 3 is 2.93 bits per heavy atom. The highest BCUT2D eigenvalue weighted by molar-refractivity contribution is 5.73. The highest BCUT2D eigenvalue weighted by Crippen LogP contribution is 2.63. The number of hydrogen-bond donors (Lipinski definition) is 2. The monoisotopic (exact) mass is 414 g/mol. The number of piperidine rings is 1. The van der Waals surface area contributed by atoms with Crippen LogP contribution in [-0.4, -0.2) is 60.3 Å². The van der Waals surface area contributed by atoms with Gasteiger partial charge in [0.2, 0.25) is 5.91 Å². The van der Waals surface area contributed by atoms with Gasteiger partial charge in [-0.05, 0) is 62.7 Å². The van der Waals surface area contributed by atoms with Crippen LogP contribution in [0.1, 0.15) is 50.2 Å². The van der Waals surface area contributed by atoms with E-state index in [9.17, 15) is 9.59 Å². The van der Waals surface area contributed by atoms with E-state index in [-0.39, 0.29) is 29.9 Å². The largest absolute Gasteiger partial charge is 0.493 e. The molecule has 7 nitrogen and oxygen atoms in total. The molecule has 7 heteroatoms. The summed E-state index contributed by atoms with van der Waals surface area (Å²) in [6.07, 6.45) is 4.70.